The first-order valence-corrected chi connectivity index (χ1v) is 22.0. The van der Waals surface area contributed by atoms with Gasteiger partial charge in [-0.1, -0.05) is 161 Å². The molecule has 0 aliphatic rings. The average Bonchev–Trinajstić information content (AvgIpc) is 3.11. The lowest BCUT2D eigenvalue weighted by Gasteiger charge is -2.18. The third-order valence-electron chi connectivity index (χ3n) is 10.1. The molecule has 4 N–H and O–H groups in total. The minimum absolute atomic E-state index is 0.0109. The van der Waals surface area contributed by atoms with Crippen molar-refractivity contribution in [1.82, 2.24) is 5.32 Å². The quantitative estimate of drug-likeness (QED) is 0.0329. The minimum atomic E-state index is -1.00. The first-order valence-electron chi connectivity index (χ1n) is 22.0. The normalized spacial score (nSPS) is 12.7. The average molecular weight is 721 g/mol. The molecule has 7 heteroatoms. The van der Waals surface area contributed by atoms with Crippen molar-refractivity contribution >= 4 is 17.8 Å². The maximum absolute atomic E-state index is 12.8. The Labute approximate surface area is 315 Å². The van der Waals surface area contributed by atoms with Crippen LogP contribution in [0.4, 0.5) is 0 Å². The number of carboxylic acids is 1. The predicted molar refractivity (Wildman–Crippen MR) is 216 cm³/mol. The summed E-state index contributed by atoms with van der Waals surface area (Å²) in [6.45, 7) is 4.95. The van der Waals surface area contributed by atoms with E-state index in [9.17, 15) is 19.5 Å². The molecule has 0 spiro atoms. The van der Waals surface area contributed by atoms with E-state index < -0.39 is 12.0 Å². The SMILES string of the molecule is CCCCCCCCCC/C=C\CCCC(CCCCCCCC(=O)NC(CCCN)C(=O)O)OC(=O)CCCCCCCCCCCCCC. The summed E-state index contributed by atoms with van der Waals surface area (Å²) in [5.41, 5.74) is 5.48. The number of unbranched alkanes of at least 4 members (excludes halogenated alkanes) is 24. The molecule has 0 aromatic heterocycles. The summed E-state index contributed by atoms with van der Waals surface area (Å²) >= 11 is 0. The number of nitrogens with one attached hydrogen (secondary N) is 1. The number of ether oxygens (including phenoxy) is 1. The number of amides is 1. The zero-order valence-corrected chi connectivity index (χ0v) is 33.7. The zero-order chi connectivity index (χ0) is 37.5. The van der Waals surface area contributed by atoms with Crippen LogP contribution >= 0.6 is 0 Å². The van der Waals surface area contributed by atoms with Crippen LogP contribution in [-0.2, 0) is 19.1 Å². The Kier molecular flexibility index (Phi) is 37.9. The number of carboxylic acid groups (broad SMARTS) is 1. The van der Waals surface area contributed by atoms with Gasteiger partial charge in [-0.3, -0.25) is 9.59 Å². The number of esters is 1. The van der Waals surface area contributed by atoms with Crippen LogP contribution in [0.15, 0.2) is 12.2 Å². The van der Waals surface area contributed by atoms with E-state index in [1.165, 1.54) is 122 Å². The van der Waals surface area contributed by atoms with Crippen molar-refractivity contribution < 1.29 is 24.2 Å². The predicted octanol–water partition coefficient (Wildman–Crippen LogP) is 12.3. The second kappa shape index (κ2) is 39.3. The Bertz CT molecular complexity index is 817. The van der Waals surface area contributed by atoms with E-state index in [-0.39, 0.29) is 18.0 Å². The van der Waals surface area contributed by atoms with Crippen LogP contribution < -0.4 is 11.1 Å². The highest BCUT2D eigenvalue weighted by molar-refractivity contribution is 5.83. The summed E-state index contributed by atoms with van der Waals surface area (Å²) in [4.78, 5) is 36.3. The molecule has 2 atom stereocenters. The Morgan fingerprint density at radius 1 is 0.549 bits per heavy atom. The van der Waals surface area contributed by atoms with Gasteiger partial charge in [0.05, 0.1) is 0 Å². The van der Waals surface area contributed by atoms with Crippen molar-refractivity contribution in [2.24, 2.45) is 5.73 Å². The lowest BCUT2D eigenvalue weighted by Crippen LogP contribution is -2.40. The van der Waals surface area contributed by atoms with Gasteiger partial charge in [-0.25, -0.2) is 4.79 Å². The molecule has 0 aromatic carbocycles. The van der Waals surface area contributed by atoms with Gasteiger partial charge in [-0.2, -0.15) is 0 Å². The number of hydrogen-bond acceptors (Lipinski definition) is 5. The fourth-order valence-corrected chi connectivity index (χ4v) is 6.75. The highest BCUT2D eigenvalue weighted by Crippen LogP contribution is 2.18. The summed E-state index contributed by atoms with van der Waals surface area (Å²) in [6, 6.07) is -0.856. The van der Waals surface area contributed by atoms with Crippen LogP contribution in [0.5, 0.6) is 0 Å². The molecule has 2 unspecified atom stereocenters. The molecule has 0 aliphatic carbocycles. The van der Waals surface area contributed by atoms with Crippen LogP contribution in [0, 0.1) is 0 Å². The van der Waals surface area contributed by atoms with Gasteiger partial charge in [0, 0.05) is 12.8 Å². The van der Waals surface area contributed by atoms with Crippen molar-refractivity contribution in [2.75, 3.05) is 6.54 Å². The van der Waals surface area contributed by atoms with Crippen LogP contribution in [0.25, 0.3) is 0 Å². The van der Waals surface area contributed by atoms with Crippen LogP contribution in [0.2, 0.25) is 0 Å². The summed E-state index contributed by atoms with van der Waals surface area (Å²) in [5.74, 6) is -1.24. The molecule has 0 aromatic rings. The van der Waals surface area contributed by atoms with E-state index >= 15 is 0 Å². The van der Waals surface area contributed by atoms with Gasteiger partial charge < -0.3 is 20.9 Å². The molecule has 0 saturated heterocycles. The minimum Gasteiger partial charge on any atom is -0.480 e. The van der Waals surface area contributed by atoms with Gasteiger partial charge in [0.1, 0.15) is 12.1 Å². The molecule has 51 heavy (non-hydrogen) atoms. The van der Waals surface area contributed by atoms with E-state index in [0.717, 1.165) is 70.6 Å². The van der Waals surface area contributed by atoms with Crippen LogP contribution in [0.1, 0.15) is 232 Å². The second-order valence-electron chi connectivity index (χ2n) is 15.1. The Hall–Kier alpha value is -1.89. The highest BCUT2D eigenvalue weighted by atomic mass is 16.5. The molecule has 300 valence electrons. The monoisotopic (exact) mass is 721 g/mol. The summed E-state index contributed by atoms with van der Waals surface area (Å²) < 4.78 is 6.03. The van der Waals surface area contributed by atoms with Gasteiger partial charge in [-0.05, 0) is 77.2 Å². The maximum Gasteiger partial charge on any atom is 0.326 e. The second-order valence-corrected chi connectivity index (χ2v) is 15.1. The van der Waals surface area contributed by atoms with Crippen LogP contribution in [0.3, 0.4) is 0 Å². The van der Waals surface area contributed by atoms with Crippen molar-refractivity contribution in [3.05, 3.63) is 12.2 Å². The smallest absolute Gasteiger partial charge is 0.326 e. The molecule has 1 amide bonds. The van der Waals surface area contributed by atoms with Gasteiger partial charge >= 0.3 is 11.9 Å². The van der Waals surface area contributed by atoms with Gasteiger partial charge in [0.2, 0.25) is 5.91 Å². The van der Waals surface area contributed by atoms with Gasteiger partial charge in [-0.15, -0.1) is 0 Å². The molecule has 0 fully saturated rings. The number of carbonyl (C=O) groups is 3. The fourth-order valence-electron chi connectivity index (χ4n) is 6.75. The molecule has 0 aliphatic heterocycles. The van der Waals surface area contributed by atoms with Crippen molar-refractivity contribution in [3.8, 4) is 0 Å². The zero-order valence-electron chi connectivity index (χ0n) is 33.7. The Morgan fingerprint density at radius 3 is 1.49 bits per heavy atom. The molecule has 7 nitrogen and oxygen atoms in total. The Balaban J connectivity index is 4.34. The molecule has 0 rings (SSSR count). The standard InChI is InChI=1S/C44H84N2O5/c1-3-5-7-9-11-13-15-17-18-20-22-25-29-34-40(51-43(48)38-32-28-23-21-19-16-14-12-10-8-6-4-2)35-30-26-24-27-31-37-42(47)46-41(44(49)50)36-33-39-45/h20,22,40-41H,3-19,21,23-39,45H2,1-2H3,(H,46,47)(H,49,50)/b22-20-. The van der Waals surface area contributed by atoms with Gasteiger partial charge in [0.15, 0.2) is 0 Å². The molecule has 0 heterocycles. The lowest BCUT2D eigenvalue weighted by atomic mass is 10.0. The topological polar surface area (TPSA) is 119 Å². The third kappa shape index (κ3) is 36.3. The number of allylic oxidation sites excluding steroid dienone is 2. The molecule has 0 radical (unpaired) electrons. The summed E-state index contributed by atoms with van der Waals surface area (Å²) in [5, 5.41) is 11.9. The van der Waals surface area contributed by atoms with E-state index in [2.05, 4.69) is 31.3 Å². The largest absolute Gasteiger partial charge is 0.480 e. The number of rotatable bonds is 40. The first-order chi connectivity index (χ1) is 24.9. The van der Waals surface area contributed by atoms with E-state index in [4.69, 9.17) is 10.5 Å². The molecule has 0 bridgehead atoms. The van der Waals surface area contributed by atoms with Gasteiger partial charge in [0.25, 0.3) is 0 Å². The molecule has 0 saturated carbocycles. The first kappa shape index (κ1) is 49.1. The van der Waals surface area contributed by atoms with E-state index in [1.54, 1.807) is 0 Å². The molecular weight excluding hydrogens is 636 g/mol. The third-order valence-corrected chi connectivity index (χ3v) is 10.1. The van der Waals surface area contributed by atoms with Crippen molar-refractivity contribution in [2.45, 2.75) is 244 Å². The van der Waals surface area contributed by atoms with Crippen molar-refractivity contribution in [3.63, 3.8) is 0 Å². The van der Waals surface area contributed by atoms with Crippen molar-refractivity contribution in [1.29, 1.82) is 0 Å². The number of carbonyl (C=O) groups excluding carboxylic acids is 2. The van der Waals surface area contributed by atoms with E-state index in [0.29, 0.717) is 32.2 Å². The summed E-state index contributed by atoms with van der Waals surface area (Å²) in [6.07, 6.45) is 42.5. The Morgan fingerprint density at radius 2 is 0.980 bits per heavy atom. The highest BCUT2D eigenvalue weighted by Gasteiger charge is 2.19. The lowest BCUT2D eigenvalue weighted by molar-refractivity contribution is -0.150. The van der Waals surface area contributed by atoms with E-state index in [1.807, 2.05) is 0 Å². The number of hydrogen-bond donors (Lipinski definition) is 3. The number of aliphatic carboxylic acids is 1. The fraction of sp³-hybridized carbons (Fsp3) is 0.886. The van der Waals surface area contributed by atoms with Crippen LogP contribution in [-0.4, -0.2) is 41.6 Å². The summed E-state index contributed by atoms with van der Waals surface area (Å²) in [7, 11) is 0. The maximum atomic E-state index is 12.8. The molecular formula is C44H84N2O5. The number of nitrogens with two attached hydrogens (primary N) is 1.